The Hall–Kier alpha value is -3.14. The van der Waals surface area contributed by atoms with Crippen molar-refractivity contribution in [2.45, 2.75) is 16.2 Å². The molecular formula is C25H15F3O4S2. The molecule has 0 amide bonds. The van der Waals surface area contributed by atoms with Gasteiger partial charge in [-0.25, -0.2) is 13.2 Å². The molecule has 9 heteroatoms. The molecule has 0 spiro atoms. The van der Waals surface area contributed by atoms with Crippen LogP contribution in [0.4, 0.5) is 13.2 Å². The molecule has 0 fully saturated rings. The molecule has 1 aliphatic heterocycles. The highest BCUT2D eigenvalue weighted by Gasteiger charge is 2.44. The SMILES string of the molecule is O=C1c2ccccc2SC(O)C1C(c1cc(F)c(F)c(F)c1)c1c(O)sc2ccccc2c1=O. The second kappa shape index (κ2) is 8.57. The first kappa shape index (κ1) is 22.6. The van der Waals surface area contributed by atoms with E-state index in [1.165, 1.54) is 6.07 Å². The molecule has 0 aliphatic carbocycles. The van der Waals surface area contributed by atoms with Gasteiger partial charge < -0.3 is 10.2 Å². The Morgan fingerprint density at radius 1 is 0.912 bits per heavy atom. The minimum Gasteiger partial charge on any atom is -0.499 e. The molecule has 0 saturated carbocycles. The predicted molar refractivity (Wildman–Crippen MR) is 124 cm³/mol. The monoisotopic (exact) mass is 500 g/mol. The van der Waals surface area contributed by atoms with Crippen LogP contribution in [0, 0.1) is 23.4 Å². The Kier molecular flexibility index (Phi) is 5.71. The number of fused-ring (bicyclic) bond motifs is 2. The molecule has 3 atom stereocenters. The van der Waals surface area contributed by atoms with E-state index < -0.39 is 51.0 Å². The lowest BCUT2D eigenvalue weighted by Gasteiger charge is -2.34. The van der Waals surface area contributed by atoms with Gasteiger partial charge in [0.2, 0.25) is 0 Å². The number of carbonyl (C=O) groups is 1. The summed E-state index contributed by atoms with van der Waals surface area (Å²) in [5.41, 5.74) is -2.31. The first-order valence-electron chi connectivity index (χ1n) is 10.1. The maximum atomic E-state index is 14.3. The second-order valence-corrected chi connectivity index (χ2v) is 10.0. The van der Waals surface area contributed by atoms with E-state index in [2.05, 4.69) is 0 Å². The second-order valence-electron chi connectivity index (χ2n) is 7.82. The van der Waals surface area contributed by atoms with E-state index in [-0.39, 0.29) is 22.1 Å². The van der Waals surface area contributed by atoms with E-state index in [0.29, 0.717) is 21.7 Å². The largest absolute Gasteiger partial charge is 0.499 e. The van der Waals surface area contributed by atoms with Crippen LogP contribution in [0.15, 0.2) is 70.4 Å². The summed E-state index contributed by atoms with van der Waals surface area (Å²) in [6.07, 6.45) is 0. The molecule has 34 heavy (non-hydrogen) atoms. The molecule has 3 unspecified atom stereocenters. The van der Waals surface area contributed by atoms with E-state index in [1.807, 2.05) is 0 Å². The zero-order chi connectivity index (χ0) is 24.1. The topological polar surface area (TPSA) is 74.6 Å². The number of thioether (sulfide) groups is 1. The van der Waals surface area contributed by atoms with Gasteiger partial charge in [-0.05, 0) is 35.9 Å². The van der Waals surface area contributed by atoms with Crippen LogP contribution in [0.5, 0.6) is 5.06 Å². The highest BCUT2D eigenvalue weighted by Crippen LogP contribution is 2.48. The van der Waals surface area contributed by atoms with Crippen LogP contribution < -0.4 is 5.43 Å². The average Bonchev–Trinajstić information content (AvgIpc) is 2.81. The van der Waals surface area contributed by atoms with Gasteiger partial charge >= 0.3 is 0 Å². The number of Topliss-reactive ketones (excluding diaryl/α,β-unsaturated/α-hetero) is 1. The minimum atomic E-state index is -1.70. The van der Waals surface area contributed by atoms with Gasteiger partial charge in [0, 0.05) is 26.5 Å². The van der Waals surface area contributed by atoms with Crippen LogP contribution in [0.25, 0.3) is 10.1 Å². The van der Waals surface area contributed by atoms with E-state index >= 15 is 0 Å². The molecular weight excluding hydrogens is 485 g/mol. The molecule has 0 bridgehead atoms. The van der Waals surface area contributed by atoms with Crippen LogP contribution in [-0.4, -0.2) is 21.4 Å². The molecule has 0 radical (unpaired) electrons. The first-order valence-corrected chi connectivity index (χ1v) is 11.8. The summed E-state index contributed by atoms with van der Waals surface area (Å²) in [6.45, 7) is 0. The number of carbonyl (C=O) groups excluding carboxylic acids is 1. The Balaban J connectivity index is 1.81. The summed E-state index contributed by atoms with van der Waals surface area (Å²) < 4.78 is 42.8. The number of aromatic hydroxyl groups is 1. The number of aliphatic hydroxyl groups excluding tert-OH is 1. The number of hydrogen-bond donors (Lipinski definition) is 2. The summed E-state index contributed by atoms with van der Waals surface area (Å²) in [5.74, 6) is -8.11. The van der Waals surface area contributed by atoms with E-state index in [4.69, 9.17) is 0 Å². The number of rotatable bonds is 3. The molecule has 2 heterocycles. The van der Waals surface area contributed by atoms with Gasteiger partial charge in [0.15, 0.2) is 33.7 Å². The molecule has 1 aliphatic rings. The minimum absolute atomic E-state index is 0.235. The molecule has 0 saturated heterocycles. The van der Waals surface area contributed by atoms with Gasteiger partial charge in [-0.1, -0.05) is 53.4 Å². The smallest absolute Gasteiger partial charge is 0.195 e. The zero-order valence-corrected chi connectivity index (χ0v) is 18.8. The third-order valence-electron chi connectivity index (χ3n) is 5.86. The number of hydrogen-bond acceptors (Lipinski definition) is 6. The number of aliphatic hydroxyl groups is 1. The standard InChI is InChI=1S/C25H15F3O4S2/c26-14-9-11(10-15(27)21(14)28)18(19-22(29)12-5-1-3-7-16(12)33-24(19)31)20-23(30)13-6-2-4-8-17(13)34-25(20)32/h1-10,18-19,24,31-32H. The lowest BCUT2D eigenvalue weighted by Crippen LogP contribution is -2.37. The molecule has 172 valence electrons. The Morgan fingerprint density at radius 2 is 1.56 bits per heavy atom. The third kappa shape index (κ3) is 3.60. The van der Waals surface area contributed by atoms with Crippen molar-refractivity contribution >= 4 is 39.0 Å². The Labute approximate surface area is 199 Å². The Bertz CT molecular complexity index is 1500. The summed E-state index contributed by atoms with van der Waals surface area (Å²) in [5, 5.41) is 21.6. The van der Waals surface area contributed by atoms with Crippen molar-refractivity contribution in [1.29, 1.82) is 0 Å². The molecule has 4 aromatic rings. The van der Waals surface area contributed by atoms with Crippen molar-refractivity contribution in [2.24, 2.45) is 5.92 Å². The third-order valence-corrected chi connectivity index (χ3v) is 7.99. The molecule has 1 aromatic heterocycles. The van der Waals surface area contributed by atoms with E-state index in [1.54, 1.807) is 42.5 Å². The van der Waals surface area contributed by atoms with Gasteiger partial charge in [-0.2, -0.15) is 0 Å². The molecule has 2 N–H and O–H groups in total. The van der Waals surface area contributed by atoms with Crippen molar-refractivity contribution in [3.05, 3.63) is 105 Å². The first-order chi connectivity index (χ1) is 16.3. The maximum absolute atomic E-state index is 14.3. The predicted octanol–water partition coefficient (Wildman–Crippen LogP) is 5.44. The lowest BCUT2D eigenvalue weighted by atomic mass is 9.77. The fourth-order valence-corrected chi connectivity index (χ4v) is 6.42. The normalized spacial score (nSPS) is 18.6. The van der Waals surface area contributed by atoms with Gasteiger partial charge in [-0.3, -0.25) is 9.59 Å². The lowest BCUT2D eigenvalue weighted by molar-refractivity contribution is 0.0793. The zero-order valence-electron chi connectivity index (χ0n) is 17.2. The fraction of sp³-hybridized carbons (Fsp3) is 0.120. The summed E-state index contributed by atoms with van der Waals surface area (Å²) >= 11 is 1.82. The quantitative estimate of drug-likeness (QED) is 0.367. The highest BCUT2D eigenvalue weighted by atomic mass is 32.2. The summed E-state index contributed by atoms with van der Waals surface area (Å²) in [6, 6.07) is 14.4. The Morgan fingerprint density at radius 3 is 2.29 bits per heavy atom. The molecule has 5 rings (SSSR count). The van der Waals surface area contributed by atoms with Crippen LogP contribution in [0.3, 0.4) is 0 Å². The van der Waals surface area contributed by atoms with Crippen molar-refractivity contribution in [2.75, 3.05) is 0 Å². The van der Waals surface area contributed by atoms with Gasteiger partial charge in [0.1, 0.15) is 5.44 Å². The summed E-state index contributed by atoms with van der Waals surface area (Å²) in [4.78, 5) is 27.5. The molecule has 4 nitrogen and oxygen atoms in total. The molecule has 3 aromatic carbocycles. The van der Waals surface area contributed by atoms with Gasteiger partial charge in [0.25, 0.3) is 0 Å². The van der Waals surface area contributed by atoms with Crippen LogP contribution in [0.1, 0.15) is 27.4 Å². The number of benzene rings is 3. The van der Waals surface area contributed by atoms with Crippen molar-refractivity contribution in [3.8, 4) is 5.06 Å². The van der Waals surface area contributed by atoms with Crippen LogP contribution in [-0.2, 0) is 0 Å². The van der Waals surface area contributed by atoms with Crippen molar-refractivity contribution < 1.29 is 28.2 Å². The number of halogens is 3. The summed E-state index contributed by atoms with van der Waals surface area (Å²) in [7, 11) is 0. The van der Waals surface area contributed by atoms with Gasteiger partial charge in [-0.15, -0.1) is 0 Å². The van der Waals surface area contributed by atoms with Crippen LogP contribution in [0.2, 0.25) is 0 Å². The number of ketones is 1. The maximum Gasteiger partial charge on any atom is 0.195 e. The van der Waals surface area contributed by atoms with Gasteiger partial charge in [0.05, 0.1) is 11.5 Å². The average molecular weight is 501 g/mol. The van der Waals surface area contributed by atoms with Crippen LogP contribution >= 0.6 is 23.1 Å². The highest BCUT2D eigenvalue weighted by molar-refractivity contribution is 8.00. The van der Waals surface area contributed by atoms with E-state index in [0.717, 1.165) is 23.1 Å². The van der Waals surface area contributed by atoms with E-state index in [9.17, 15) is 33.0 Å². The van der Waals surface area contributed by atoms with Crippen molar-refractivity contribution in [1.82, 2.24) is 0 Å². The fourth-order valence-electron chi connectivity index (χ4n) is 4.33. The van der Waals surface area contributed by atoms with Crippen molar-refractivity contribution in [3.63, 3.8) is 0 Å².